The Labute approximate surface area is 168 Å². The number of hydrogen-bond acceptors (Lipinski definition) is 4. The smallest absolute Gasteiger partial charge is 0.312 e. The second-order valence-corrected chi connectivity index (χ2v) is 7.23. The van der Waals surface area contributed by atoms with Crippen molar-refractivity contribution in [1.29, 1.82) is 0 Å². The number of carbonyl (C=O) groups excluding carboxylic acids is 3. The summed E-state index contributed by atoms with van der Waals surface area (Å²) in [4.78, 5) is 35.9. The SMILES string of the molecule is CSCCC(NC(N)=O)C(=O)NNC(=O)c1cc(C)n(-c2ccccc2)c1C. The Morgan fingerprint density at radius 2 is 1.82 bits per heavy atom. The fraction of sp³-hybridized carbons (Fsp3) is 0.316. The number of hydrogen-bond donors (Lipinski definition) is 4. The highest BCUT2D eigenvalue weighted by atomic mass is 32.2. The van der Waals surface area contributed by atoms with Gasteiger partial charge in [0.1, 0.15) is 6.04 Å². The van der Waals surface area contributed by atoms with Crippen molar-refractivity contribution in [3.63, 3.8) is 0 Å². The molecule has 0 bridgehead atoms. The molecule has 5 N–H and O–H groups in total. The van der Waals surface area contributed by atoms with E-state index in [1.807, 2.05) is 55.0 Å². The molecule has 1 aromatic carbocycles. The van der Waals surface area contributed by atoms with Crippen LogP contribution in [0.15, 0.2) is 36.4 Å². The zero-order valence-corrected chi connectivity index (χ0v) is 16.9. The quantitative estimate of drug-likeness (QED) is 0.526. The maximum atomic E-state index is 12.6. The third-order valence-electron chi connectivity index (χ3n) is 4.23. The van der Waals surface area contributed by atoms with Gasteiger partial charge in [0, 0.05) is 17.1 Å². The minimum Gasteiger partial charge on any atom is -0.352 e. The molecule has 0 aliphatic carbocycles. The predicted octanol–water partition coefficient (Wildman–Crippen LogP) is 1.65. The van der Waals surface area contributed by atoms with Gasteiger partial charge in [-0.05, 0) is 50.5 Å². The second-order valence-electron chi connectivity index (χ2n) is 6.24. The first-order valence-electron chi connectivity index (χ1n) is 8.74. The maximum Gasteiger partial charge on any atom is 0.312 e. The molecule has 2 rings (SSSR count). The zero-order valence-electron chi connectivity index (χ0n) is 16.1. The molecule has 2 aromatic rings. The van der Waals surface area contributed by atoms with Gasteiger partial charge in [0.2, 0.25) is 0 Å². The van der Waals surface area contributed by atoms with Gasteiger partial charge in [-0.2, -0.15) is 11.8 Å². The molecule has 1 atom stereocenters. The van der Waals surface area contributed by atoms with E-state index in [9.17, 15) is 14.4 Å². The van der Waals surface area contributed by atoms with Crippen LogP contribution in [0.2, 0.25) is 0 Å². The summed E-state index contributed by atoms with van der Waals surface area (Å²) in [7, 11) is 0. The van der Waals surface area contributed by atoms with Crippen molar-refractivity contribution in [2.45, 2.75) is 26.3 Å². The largest absolute Gasteiger partial charge is 0.352 e. The van der Waals surface area contributed by atoms with Gasteiger partial charge in [-0.1, -0.05) is 18.2 Å². The number of aromatic nitrogens is 1. The van der Waals surface area contributed by atoms with E-state index >= 15 is 0 Å². The fourth-order valence-corrected chi connectivity index (χ4v) is 3.39. The van der Waals surface area contributed by atoms with Gasteiger partial charge in [-0.25, -0.2) is 4.79 Å². The number of nitrogens with zero attached hydrogens (tertiary/aromatic N) is 1. The molecule has 4 amide bonds. The summed E-state index contributed by atoms with van der Waals surface area (Å²) in [5.41, 5.74) is 12.9. The van der Waals surface area contributed by atoms with Crippen LogP contribution in [0.4, 0.5) is 4.79 Å². The van der Waals surface area contributed by atoms with Crippen molar-refractivity contribution in [2.24, 2.45) is 5.73 Å². The molecule has 9 heteroatoms. The molecule has 150 valence electrons. The number of hydrazine groups is 1. The van der Waals surface area contributed by atoms with E-state index in [-0.39, 0.29) is 0 Å². The highest BCUT2D eigenvalue weighted by molar-refractivity contribution is 7.98. The van der Waals surface area contributed by atoms with Gasteiger partial charge >= 0.3 is 6.03 Å². The Kier molecular flexibility index (Phi) is 7.51. The molecule has 0 saturated carbocycles. The maximum absolute atomic E-state index is 12.6. The molecular weight excluding hydrogens is 378 g/mol. The van der Waals surface area contributed by atoms with E-state index in [1.165, 1.54) is 11.8 Å². The topological polar surface area (TPSA) is 118 Å². The summed E-state index contributed by atoms with van der Waals surface area (Å²) in [6.07, 6.45) is 2.29. The first-order valence-corrected chi connectivity index (χ1v) is 10.1. The van der Waals surface area contributed by atoms with Crippen molar-refractivity contribution >= 4 is 29.6 Å². The number of primary amides is 1. The number of aryl methyl sites for hydroxylation is 1. The van der Waals surface area contributed by atoms with Crippen LogP contribution in [-0.4, -0.2) is 40.5 Å². The van der Waals surface area contributed by atoms with Crippen LogP contribution in [0.25, 0.3) is 5.69 Å². The van der Waals surface area contributed by atoms with Gasteiger partial charge in [-0.3, -0.25) is 20.4 Å². The lowest BCUT2D eigenvalue weighted by Crippen LogP contribution is -2.53. The van der Waals surface area contributed by atoms with E-state index in [4.69, 9.17) is 5.73 Å². The van der Waals surface area contributed by atoms with Crippen LogP contribution < -0.4 is 21.9 Å². The highest BCUT2D eigenvalue weighted by Gasteiger charge is 2.21. The monoisotopic (exact) mass is 403 g/mol. The minimum atomic E-state index is -0.818. The van der Waals surface area contributed by atoms with Gasteiger partial charge in [0.15, 0.2) is 0 Å². The third kappa shape index (κ3) is 5.29. The molecule has 0 spiro atoms. The van der Waals surface area contributed by atoms with Crippen LogP contribution in [0.3, 0.4) is 0 Å². The highest BCUT2D eigenvalue weighted by Crippen LogP contribution is 2.20. The predicted molar refractivity (Wildman–Crippen MR) is 110 cm³/mol. The lowest BCUT2D eigenvalue weighted by molar-refractivity contribution is -0.123. The molecule has 1 unspecified atom stereocenters. The summed E-state index contributed by atoms with van der Waals surface area (Å²) in [5.74, 6) is -0.311. The van der Waals surface area contributed by atoms with Crippen molar-refractivity contribution in [3.05, 3.63) is 53.3 Å². The number of carbonyl (C=O) groups is 3. The van der Waals surface area contributed by atoms with Crippen molar-refractivity contribution in [2.75, 3.05) is 12.0 Å². The Balaban J connectivity index is 2.08. The van der Waals surface area contributed by atoms with Crippen molar-refractivity contribution in [3.8, 4) is 5.69 Å². The second kappa shape index (κ2) is 9.84. The van der Waals surface area contributed by atoms with Crippen LogP contribution in [-0.2, 0) is 4.79 Å². The molecule has 0 radical (unpaired) electrons. The van der Waals surface area contributed by atoms with E-state index in [2.05, 4.69) is 16.2 Å². The lowest BCUT2D eigenvalue weighted by Gasteiger charge is -2.17. The number of amides is 4. The van der Waals surface area contributed by atoms with E-state index < -0.39 is 23.9 Å². The van der Waals surface area contributed by atoms with E-state index in [0.29, 0.717) is 17.7 Å². The number of urea groups is 1. The third-order valence-corrected chi connectivity index (χ3v) is 4.88. The van der Waals surface area contributed by atoms with Crippen LogP contribution in [0, 0.1) is 13.8 Å². The standard InChI is InChI=1S/C19H25N5O3S/c1-12-11-15(13(2)24(12)14-7-5-4-6-8-14)17(25)22-23-18(26)16(9-10-28-3)21-19(20)27/h4-8,11,16H,9-10H2,1-3H3,(H,22,25)(H,23,26)(H3,20,21,27). The summed E-state index contributed by atoms with van der Waals surface area (Å²) < 4.78 is 1.96. The summed E-state index contributed by atoms with van der Waals surface area (Å²) in [6.45, 7) is 3.75. The van der Waals surface area contributed by atoms with Crippen molar-refractivity contribution in [1.82, 2.24) is 20.7 Å². The molecule has 0 aliphatic heterocycles. The summed E-state index contributed by atoms with van der Waals surface area (Å²) >= 11 is 1.54. The number of nitrogens with one attached hydrogen (secondary N) is 3. The summed E-state index contributed by atoms with van der Waals surface area (Å²) in [5, 5.41) is 2.38. The van der Waals surface area contributed by atoms with Gasteiger partial charge in [0.25, 0.3) is 11.8 Å². The van der Waals surface area contributed by atoms with Gasteiger partial charge in [-0.15, -0.1) is 0 Å². The van der Waals surface area contributed by atoms with Crippen molar-refractivity contribution < 1.29 is 14.4 Å². The van der Waals surface area contributed by atoms with Crippen LogP contribution in [0.1, 0.15) is 28.2 Å². The Morgan fingerprint density at radius 1 is 1.14 bits per heavy atom. The molecule has 1 heterocycles. The zero-order chi connectivity index (χ0) is 20.7. The van der Waals surface area contributed by atoms with Crippen LogP contribution in [0.5, 0.6) is 0 Å². The number of nitrogens with two attached hydrogens (primary N) is 1. The molecule has 0 saturated heterocycles. The molecule has 28 heavy (non-hydrogen) atoms. The Morgan fingerprint density at radius 3 is 2.43 bits per heavy atom. The first kappa shape index (κ1) is 21.4. The molecule has 0 aliphatic rings. The summed E-state index contributed by atoms with van der Waals surface area (Å²) in [6, 6.07) is 9.83. The van der Waals surface area contributed by atoms with Gasteiger partial charge < -0.3 is 15.6 Å². The molecule has 0 fully saturated rings. The molecule has 1 aromatic heterocycles. The first-order chi connectivity index (χ1) is 13.3. The van der Waals surface area contributed by atoms with Crippen LogP contribution >= 0.6 is 11.8 Å². The fourth-order valence-electron chi connectivity index (χ4n) is 2.92. The lowest BCUT2D eigenvalue weighted by atomic mass is 10.2. The number of para-hydroxylation sites is 1. The number of benzene rings is 1. The minimum absolute atomic E-state index is 0.397. The average molecular weight is 404 g/mol. The van der Waals surface area contributed by atoms with Gasteiger partial charge in [0.05, 0.1) is 5.56 Å². The molecular formula is C19H25N5O3S. The number of rotatable bonds is 7. The number of thioether (sulfide) groups is 1. The average Bonchev–Trinajstić information content (AvgIpc) is 2.97. The Bertz CT molecular complexity index is 851. The normalized spacial score (nSPS) is 11.5. The molecule has 8 nitrogen and oxygen atoms in total. The van der Waals surface area contributed by atoms with E-state index in [0.717, 1.165) is 17.1 Å². The van der Waals surface area contributed by atoms with E-state index in [1.54, 1.807) is 6.07 Å². The Hall–Kier alpha value is -2.94.